The molecule has 0 aromatic heterocycles. The highest BCUT2D eigenvalue weighted by atomic mass is 19.1. The third-order valence-electron chi connectivity index (χ3n) is 2.51. The Morgan fingerprint density at radius 1 is 1.10 bits per heavy atom. The van der Waals surface area contributed by atoms with Crippen molar-refractivity contribution in [2.75, 3.05) is 5.32 Å². The molecule has 5 nitrogen and oxygen atoms in total. The van der Waals surface area contributed by atoms with Crippen molar-refractivity contribution in [2.24, 2.45) is 0 Å². The van der Waals surface area contributed by atoms with Crippen molar-refractivity contribution in [3.8, 4) is 0 Å². The number of halogens is 2. The first kappa shape index (κ1) is 13.6. The summed E-state index contributed by atoms with van der Waals surface area (Å²) in [5.74, 6) is -3.39. The van der Waals surface area contributed by atoms with Crippen molar-refractivity contribution >= 4 is 17.3 Å². The molecule has 0 atom stereocenters. The molecule has 0 spiro atoms. The number of nitro benzene ring substituents is 1. The van der Waals surface area contributed by atoms with Gasteiger partial charge in [0.2, 0.25) is 5.82 Å². The van der Waals surface area contributed by atoms with E-state index in [9.17, 15) is 23.7 Å². The molecule has 0 heterocycles. The highest BCUT2D eigenvalue weighted by Gasteiger charge is 2.22. The van der Waals surface area contributed by atoms with Crippen LogP contribution in [0, 0.1) is 21.7 Å². The molecule has 0 aliphatic rings. The van der Waals surface area contributed by atoms with Gasteiger partial charge >= 0.3 is 5.69 Å². The number of para-hydroxylation sites is 1. The van der Waals surface area contributed by atoms with E-state index in [4.69, 9.17) is 0 Å². The number of carbonyl (C=O) groups is 1. The smallest absolute Gasteiger partial charge is 0.305 e. The molecule has 0 unspecified atom stereocenters. The third-order valence-corrected chi connectivity index (χ3v) is 2.51. The fraction of sp³-hybridized carbons (Fsp3) is 0. The van der Waals surface area contributed by atoms with Gasteiger partial charge in [0.25, 0.3) is 5.91 Å². The molecule has 1 N–H and O–H groups in total. The van der Waals surface area contributed by atoms with Crippen LogP contribution in [0.25, 0.3) is 0 Å². The SMILES string of the molecule is O=C(Nc1ccccc1)c1cc([N+](=O)[O-])c(F)cc1F. The lowest BCUT2D eigenvalue weighted by atomic mass is 10.1. The largest absolute Gasteiger partial charge is 0.322 e. The van der Waals surface area contributed by atoms with Gasteiger partial charge in [-0.25, -0.2) is 4.39 Å². The molecule has 2 aromatic carbocycles. The molecule has 20 heavy (non-hydrogen) atoms. The molecule has 0 saturated heterocycles. The number of amides is 1. The van der Waals surface area contributed by atoms with E-state index in [1.54, 1.807) is 30.3 Å². The van der Waals surface area contributed by atoms with Gasteiger partial charge in [0, 0.05) is 17.8 Å². The van der Waals surface area contributed by atoms with Crippen molar-refractivity contribution in [2.45, 2.75) is 0 Å². The summed E-state index contributed by atoms with van der Waals surface area (Å²) < 4.78 is 26.7. The number of nitro groups is 1. The van der Waals surface area contributed by atoms with Gasteiger partial charge in [-0.2, -0.15) is 4.39 Å². The fourth-order valence-corrected chi connectivity index (χ4v) is 1.57. The molecule has 0 fully saturated rings. The van der Waals surface area contributed by atoms with E-state index in [0.717, 1.165) is 0 Å². The summed E-state index contributed by atoms with van der Waals surface area (Å²) in [7, 11) is 0. The molecular weight excluding hydrogens is 270 g/mol. The second kappa shape index (κ2) is 5.43. The van der Waals surface area contributed by atoms with Crippen LogP contribution in [-0.4, -0.2) is 10.8 Å². The van der Waals surface area contributed by atoms with Crippen molar-refractivity contribution in [3.63, 3.8) is 0 Å². The molecule has 0 aliphatic carbocycles. The lowest BCUT2D eigenvalue weighted by molar-refractivity contribution is -0.387. The van der Waals surface area contributed by atoms with E-state index < -0.39 is 33.7 Å². The van der Waals surface area contributed by atoms with Crippen molar-refractivity contribution in [3.05, 3.63) is 69.8 Å². The van der Waals surface area contributed by atoms with Crippen molar-refractivity contribution in [1.29, 1.82) is 0 Å². The molecule has 0 bridgehead atoms. The van der Waals surface area contributed by atoms with Gasteiger partial charge in [-0.05, 0) is 12.1 Å². The summed E-state index contributed by atoms with van der Waals surface area (Å²) in [6.07, 6.45) is 0. The third kappa shape index (κ3) is 2.77. The predicted molar refractivity (Wildman–Crippen MR) is 67.4 cm³/mol. The molecular formula is C13H8F2N2O3. The van der Waals surface area contributed by atoms with Crippen molar-refractivity contribution in [1.82, 2.24) is 0 Å². The maximum absolute atomic E-state index is 13.5. The normalized spacial score (nSPS) is 10.1. The minimum absolute atomic E-state index is 0.317. The minimum Gasteiger partial charge on any atom is -0.322 e. The van der Waals surface area contributed by atoms with Crippen LogP contribution in [0.15, 0.2) is 42.5 Å². The molecule has 0 aliphatic heterocycles. The Bertz CT molecular complexity index is 675. The Kier molecular flexibility index (Phi) is 3.69. The summed E-state index contributed by atoms with van der Waals surface area (Å²) in [6, 6.07) is 9.04. The Hall–Kier alpha value is -2.83. The second-order valence-corrected chi connectivity index (χ2v) is 3.86. The number of benzene rings is 2. The first-order valence-corrected chi connectivity index (χ1v) is 5.49. The van der Waals surface area contributed by atoms with Crippen LogP contribution in [0.3, 0.4) is 0 Å². The maximum Gasteiger partial charge on any atom is 0.305 e. The highest BCUT2D eigenvalue weighted by Crippen LogP contribution is 2.22. The topological polar surface area (TPSA) is 72.2 Å². The number of nitrogens with zero attached hydrogens (tertiary/aromatic N) is 1. The number of hydrogen-bond acceptors (Lipinski definition) is 3. The van der Waals surface area contributed by atoms with Crippen LogP contribution < -0.4 is 5.32 Å². The van der Waals surface area contributed by atoms with Crippen molar-refractivity contribution < 1.29 is 18.5 Å². The lowest BCUT2D eigenvalue weighted by Gasteiger charge is -2.06. The minimum atomic E-state index is -1.33. The zero-order valence-electron chi connectivity index (χ0n) is 9.97. The van der Waals surface area contributed by atoms with Crippen LogP contribution in [-0.2, 0) is 0 Å². The summed E-state index contributed by atoms with van der Waals surface area (Å²) >= 11 is 0. The number of hydrogen-bond donors (Lipinski definition) is 1. The molecule has 102 valence electrons. The fourth-order valence-electron chi connectivity index (χ4n) is 1.57. The molecule has 0 saturated carbocycles. The van der Waals surface area contributed by atoms with E-state index in [-0.39, 0.29) is 0 Å². The van der Waals surface area contributed by atoms with E-state index >= 15 is 0 Å². The van der Waals surface area contributed by atoms with Crippen LogP contribution in [0.5, 0.6) is 0 Å². The van der Waals surface area contributed by atoms with Gasteiger partial charge in [-0.3, -0.25) is 14.9 Å². The van der Waals surface area contributed by atoms with Crippen LogP contribution in [0.1, 0.15) is 10.4 Å². The summed E-state index contributed by atoms with van der Waals surface area (Å²) in [6.45, 7) is 0. The zero-order valence-corrected chi connectivity index (χ0v) is 9.97. The van der Waals surface area contributed by atoms with Gasteiger partial charge in [0.05, 0.1) is 10.5 Å². The van der Waals surface area contributed by atoms with Gasteiger partial charge in [-0.1, -0.05) is 18.2 Å². The quantitative estimate of drug-likeness (QED) is 0.692. The molecule has 0 radical (unpaired) electrons. The maximum atomic E-state index is 13.5. The van der Waals surface area contributed by atoms with Gasteiger partial charge in [0.15, 0.2) is 0 Å². The van der Waals surface area contributed by atoms with Gasteiger partial charge in [-0.15, -0.1) is 0 Å². The second-order valence-electron chi connectivity index (χ2n) is 3.86. The van der Waals surface area contributed by atoms with Crippen LogP contribution >= 0.6 is 0 Å². The van der Waals surface area contributed by atoms with E-state index in [1.807, 2.05) is 0 Å². The van der Waals surface area contributed by atoms with E-state index in [2.05, 4.69) is 5.32 Å². The van der Waals surface area contributed by atoms with E-state index in [1.165, 1.54) is 0 Å². The Morgan fingerprint density at radius 2 is 1.75 bits per heavy atom. The summed E-state index contributed by atoms with van der Waals surface area (Å²) in [5, 5.41) is 12.9. The first-order chi connectivity index (χ1) is 9.49. The Balaban J connectivity index is 2.35. The van der Waals surface area contributed by atoms with Crippen LogP contribution in [0.2, 0.25) is 0 Å². The summed E-state index contributed by atoms with van der Waals surface area (Å²) in [4.78, 5) is 21.4. The summed E-state index contributed by atoms with van der Waals surface area (Å²) in [5.41, 5.74) is -1.16. The van der Waals surface area contributed by atoms with E-state index in [0.29, 0.717) is 17.8 Å². The lowest BCUT2D eigenvalue weighted by Crippen LogP contribution is -2.14. The number of rotatable bonds is 3. The molecule has 2 aromatic rings. The number of carbonyl (C=O) groups excluding carboxylic acids is 1. The average molecular weight is 278 g/mol. The Morgan fingerprint density at radius 3 is 2.35 bits per heavy atom. The standard InChI is InChI=1S/C13H8F2N2O3/c14-10-7-11(15)12(17(19)20)6-9(10)13(18)16-8-4-2-1-3-5-8/h1-7H,(H,16,18). The number of nitrogens with one attached hydrogen (secondary N) is 1. The zero-order chi connectivity index (χ0) is 14.7. The van der Waals surface area contributed by atoms with Crippen LogP contribution in [0.4, 0.5) is 20.2 Å². The Labute approximate surface area is 112 Å². The predicted octanol–water partition coefficient (Wildman–Crippen LogP) is 3.13. The average Bonchev–Trinajstić information content (AvgIpc) is 2.39. The first-order valence-electron chi connectivity index (χ1n) is 5.49. The molecule has 7 heteroatoms. The van der Waals surface area contributed by atoms with Gasteiger partial charge in [0.1, 0.15) is 5.82 Å². The highest BCUT2D eigenvalue weighted by molar-refractivity contribution is 6.04. The van der Waals surface area contributed by atoms with Gasteiger partial charge < -0.3 is 5.32 Å². The molecule has 2 rings (SSSR count). The molecule has 1 amide bonds. The monoisotopic (exact) mass is 278 g/mol. The number of anilines is 1.